The molecule has 0 spiro atoms. The van der Waals surface area contributed by atoms with Gasteiger partial charge in [0.25, 0.3) is 5.91 Å². The summed E-state index contributed by atoms with van der Waals surface area (Å²) in [5, 5.41) is 7.04. The molecule has 0 aliphatic carbocycles. The molecule has 1 N–H and O–H groups in total. The Balaban J connectivity index is 1.56. The first-order chi connectivity index (χ1) is 14.8. The van der Waals surface area contributed by atoms with Crippen molar-refractivity contribution in [1.82, 2.24) is 9.78 Å². The number of nitrogens with zero attached hydrogens (tertiary/aromatic N) is 2. The van der Waals surface area contributed by atoms with E-state index in [0.717, 1.165) is 18.6 Å². The lowest BCUT2D eigenvalue weighted by Gasteiger charge is -2.11. The average Bonchev–Trinajstić information content (AvgIpc) is 2.95. The number of aromatic nitrogens is 2. The highest BCUT2D eigenvalue weighted by atomic mass is 19.4. The number of benzene rings is 2. The van der Waals surface area contributed by atoms with Crippen molar-refractivity contribution in [1.29, 1.82) is 0 Å². The van der Waals surface area contributed by atoms with Gasteiger partial charge in [0, 0.05) is 30.9 Å². The molecule has 10 heteroatoms. The van der Waals surface area contributed by atoms with Crippen LogP contribution < -0.4 is 19.5 Å². The van der Waals surface area contributed by atoms with E-state index in [2.05, 4.69) is 15.2 Å². The summed E-state index contributed by atoms with van der Waals surface area (Å²) in [6.45, 7) is 1.09. The zero-order valence-corrected chi connectivity index (χ0v) is 16.4. The van der Waals surface area contributed by atoms with Crippen LogP contribution in [0.15, 0.2) is 48.7 Å². The first kappa shape index (κ1) is 20.6. The van der Waals surface area contributed by atoms with Gasteiger partial charge in [-0.05, 0) is 42.5 Å². The summed E-state index contributed by atoms with van der Waals surface area (Å²) >= 11 is 0. The number of fused-ring (bicyclic) bond motifs is 1. The van der Waals surface area contributed by atoms with E-state index in [9.17, 15) is 18.0 Å². The highest BCUT2D eigenvalue weighted by Gasteiger charge is 2.31. The van der Waals surface area contributed by atoms with Gasteiger partial charge in [0.05, 0.1) is 18.8 Å². The van der Waals surface area contributed by atoms with Crippen LogP contribution in [0.25, 0.3) is 11.3 Å². The van der Waals surface area contributed by atoms with Crippen molar-refractivity contribution in [3.8, 4) is 28.5 Å². The Morgan fingerprint density at radius 3 is 2.52 bits per heavy atom. The van der Waals surface area contributed by atoms with Crippen LogP contribution in [0.3, 0.4) is 0 Å². The Morgan fingerprint density at radius 1 is 1.10 bits per heavy atom. The largest absolute Gasteiger partial charge is 0.573 e. The number of halogens is 3. The molecule has 3 aromatic rings. The number of ether oxygens (including phenoxy) is 3. The van der Waals surface area contributed by atoms with Gasteiger partial charge in [0.1, 0.15) is 11.4 Å². The van der Waals surface area contributed by atoms with Gasteiger partial charge in [-0.1, -0.05) is 0 Å². The molecule has 0 radical (unpaired) electrons. The predicted molar refractivity (Wildman–Crippen MR) is 105 cm³/mol. The van der Waals surface area contributed by atoms with Crippen molar-refractivity contribution in [3.05, 3.63) is 54.2 Å². The summed E-state index contributed by atoms with van der Waals surface area (Å²) in [7, 11) is 1.69. The van der Waals surface area contributed by atoms with Gasteiger partial charge in [0.15, 0.2) is 11.5 Å². The molecule has 4 rings (SSSR count). The van der Waals surface area contributed by atoms with Crippen LogP contribution in [-0.4, -0.2) is 35.3 Å². The van der Waals surface area contributed by atoms with E-state index in [1.54, 1.807) is 31.4 Å². The van der Waals surface area contributed by atoms with Crippen molar-refractivity contribution < 1.29 is 32.2 Å². The Hall–Kier alpha value is -3.69. The van der Waals surface area contributed by atoms with E-state index in [-0.39, 0.29) is 5.75 Å². The molecule has 162 valence electrons. The number of nitrogens with one attached hydrogen (secondary N) is 1. The number of hydrogen-bond donors (Lipinski definition) is 1. The second kappa shape index (κ2) is 8.21. The van der Waals surface area contributed by atoms with Crippen LogP contribution in [0.1, 0.15) is 16.8 Å². The fraction of sp³-hybridized carbons (Fsp3) is 0.238. The van der Waals surface area contributed by atoms with Crippen LogP contribution in [0.2, 0.25) is 0 Å². The van der Waals surface area contributed by atoms with Crippen molar-refractivity contribution in [2.24, 2.45) is 7.05 Å². The fourth-order valence-corrected chi connectivity index (χ4v) is 3.12. The van der Waals surface area contributed by atoms with Gasteiger partial charge < -0.3 is 19.5 Å². The fourth-order valence-electron chi connectivity index (χ4n) is 3.12. The Morgan fingerprint density at radius 2 is 1.81 bits per heavy atom. The van der Waals surface area contributed by atoms with Gasteiger partial charge in [-0.3, -0.25) is 9.48 Å². The van der Waals surface area contributed by atoms with Gasteiger partial charge in [-0.2, -0.15) is 5.10 Å². The minimum atomic E-state index is -4.78. The molecule has 2 heterocycles. The van der Waals surface area contributed by atoms with Crippen molar-refractivity contribution >= 4 is 11.6 Å². The monoisotopic (exact) mass is 433 g/mol. The summed E-state index contributed by atoms with van der Waals surface area (Å²) in [5.41, 5.74) is 1.72. The zero-order valence-electron chi connectivity index (χ0n) is 16.4. The second-order valence-electron chi connectivity index (χ2n) is 6.80. The van der Waals surface area contributed by atoms with Crippen LogP contribution in [0, 0.1) is 0 Å². The third-order valence-corrected chi connectivity index (χ3v) is 4.44. The van der Waals surface area contributed by atoms with Crippen molar-refractivity contribution in [2.75, 3.05) is 18.5 Å². The summed E-state index contributed by atoms with van der Waals surface area (Å²) in [6.07, 6.45) is -2.44. The van der Waals surface area contributed by atoms with Crippen molar-refractivity contribution in [2.45, 2.75) is 12.8 Å². The van der Waals surface area contributed by atoms with E-state index in [0.29, 0.717) is 47.2 Å². The zero-order chi connectivity index (χ0) is 22.0. The van der Waals surface area contributed by atoms with E-state index in [1.807, 2.05) is 0 Å². The molecule has 0 saturated carbocycles. The molecule has 0 bridgehead atoms. The quantitative estimate of drug-likeness (QED) is 0.660. The number of aryl methyl sites for hydroxylation is 1. The molecule has 0 fully saturated rings. The topological polar surface area (TPSA) is 74.6 Å². The first-order valence-electron chi connectivity index (χ1n) is 9.39. The summed E-state index contributed by atoms with van der Waals surface area (Å²) in [4.78, 5) is 12.8. The number of carbonyl (C=O) groups excluding carboxylic acids is 1. The lowest BCUT2D eigenvalue weighted by Crippen LogP contribution is -2.17. The van der Waals surface area contributed by atoms with Crippen LogP contribution in [-0.2, 0) is 7.05 Å². The smallest absolute Gasteiger partial charge is 0.490 e. The highest BCUT2D eigenvalue weighted by molar-refractivity contribution is 6.08. The van der Waals surface area contributed by atoms with Crippen LogP contribution >= 0.6 is 0 Å². The Bertz CT molecular complexity index is 1090. The average molecular weight is 433 g/mol. The Labute approximate surface area is 175 Å². The third kappa shape index (κ3) is 4.90. The summed E-state index contributed by atoms with van der Waals surface area (Å²) in [5.74, 6) is 0.371. The Kier molecular flexibility index (Phi) is 5.45. The summed E-state index contributed by atoms with van der Waals surface area (Å²) < 4.78 is 53.6. The normalized spacial score (nSPS) is 13.4. The first-order valence-corrected chi connectivity index (χ1v) is 9.39. The molecule has 7 nitrogen and oxygen atoms in total. The van der Waals surface area contributed by atoms with Gasteiger partial charge >= 0.3 is 6.36 Å². The van der Waals surface area contributed by atoms with E-state index >= 15 is 0 Å². The molecule has 0 unspecified atom stereocenters. The lowest BCUT2D eigenvalue weighted by atomic mass is 10.1. The molecular formula is C21H18F3N3O4. The number of amides is 1. The van der Waals surface area contributed by atoms with Crippen LogP contribution in [0.5, 0.6) is 17.2 Å². The van der Waals surface area contributed by atoms with Crippen molar-refractivity contribution in [3.63, 3.8) is 0 Å². The summed E-state index contributed by atoms with van der Waals surface area (Å²) in [6, 6.07) is 10.2. The van der Waals surface area contributed by atoms with E-state index in [4.69, 9.17) is 9.47 Å². The minimum absolute atomic E-state index is 0.299. The third-order valence-electron chi connectivity index (χ3n) is 4.44. The highest BCUT2D eigenvalue weighted by Crippen LogP contribution is 2.35. The van der Waals surface area contributed by atoms with Gasteiger partial charge in [-0.25, -0.2) is 0 Å². The number of alkyl halides is 3. The number of rotatable bonds is 4. The predicted octanol–water partition coefficient (Wildman–Crippen LogP) is 4.40. The SMILES string of the molecule is Cn1cc(C(=O)Nc2ccc(OC(F)(F)F)cc2)c(-c2ccc3c(c2)OCCCO3)n1. The van der Waals surface area contributed by atoms with E-state index in [1.165, 1.54) is 16.8 Å². The minimum Gasteiger partial charge on any atom is -0.490 e. The number of hydrogen-bond acceptors (Lipinski definition) is 5. The van der Waals surface area contributed by atoms with Gasteiger partial charge in [-0.15, -0.1) is 13.2 Å². The molecule has 2 aromatic carbocycles. The molecular weight excluding hydrogens is 415 g/mol. The molecule has 1 aromatic heterocycles. The maximum atomic E-state index is 12.8. The number of anilines is 1. The molecule has 31 heavy (non-hydrogen) atoms. The second-order valence-corrected chi connectivity index (χ2v) is 6.80. The van der Waals surface area contributed by atoms with Crippen LogP contribution in [0.4, 0.5) is 18.9 Å². The standard InChI is InChI=1S/C21H18F3N3O4/c1-27-12-16(20(28)25-14-4-6-15(7-5-14)31-21(22,23)24)19(26-27)13-3-8-17-18(11-13)30-10-2-9-29-17/h3-8,11-12H,2,9-10H2,1H3,(H,25,28). The van der Waals surface area contributed by atoms with E-state index < -0.39 is 12.3 Å². The van der Waals surface area contributed by atoms with Gasteiger partial charge in [0.2, 0.25) is 0 Å². The molecule has 1 amide bonds. The number of carbonyl (C=O) groups is 1. The maximum absolute atomic E-state index is 12.8. The lowest BCUT2D eigenvalue weighted by molar-refractivity contribution is -0.274. The molecule has 1 aliphatic rings. The maximum Gasteiger partial charge on any atom is 0.573 e. The molecule has 0 atom stereocenters. The molecule has 0 saturated heterocycles. The molecule has 1 aliphatic heterocycles.